The number of amides is 9. The second kappa shape index (κ2) is 47.9. The Morgan fingerprint density at radius 1 is 0.366 bits per heavy atom. The number of aryl methyl sites for hydroxylation is 1. The Labute approximate surface area is 826 Å². The average Bonchev–Trinajstić information content (AvgIpc) is 1.15. The second-order valence-electron chi connectivity index (χ2n) is 37.3. The molecule has 1 saturated carbocycles. The van der Waals surface area contributed by atoms with Crippen molar-refractivity contribution in [2.45, 2.75) is 156 Å². The molecule has 142 heavy (non-hydrogen) atoms. The summed E-state index contributed by atoms with van der Waals surface area (Å²) in [6, 6.07) is 83.3. The van der Waals surface area contributed by atoms with Crippen molar-refractivity contribution < 1.29 is 83.4 Å². The third-order valence-electron chi connectivity index (χ3n) is 27.0. The van der Waals surface area contributed by atoms with Crippen LogP contribution in [0.2, 0.25) is 0 Å². The van der Waals surface area contributed by atoms with E-state index in [4.69, 9.17) is 35.4 Å². The number of hydroxylamine groups is 4. The number of methoxy groups -OCH3 is 2. The van der Waals surface area contributed by atoms with Crippen LogP contribution in [0.25, 0.3) is 33.4 Å². The zero-order chi connectivity index (χ0) is 101. The predicted molar refractivity (Wildman–Crippen MR) is 536 cm³/mol. The molecule has 12 aromatic carbocycles. The normalized spacial score (nSPS) is 13.9. The maximum absolute atomic E-state index is 13.0. The number of nitrogens with zero attached hydrogens (tertiary/aromatic N) is 6. The molecule has 0 atom stereocenters. The van der Waals surface area contributed by atoms with Crippen LogP contribution in [0.3, 0.4) is 0 Å². The van der Waals surface area contributed by atoms with E-state index in [0.29, 0.717) is 161 Å². The van der Waals surface area contributed by atoms with E-state index in [1.54, 1.807) is 86.3 Å². The lowest BCUT2D eigenvalue weighted by Crippen LogP contribution is -2.37. The predicted octanol–water partition coefficient (Wildman–Crippen LogP) is 17.0. The van der Waals surface area contributed by atoms with Gasteiger partial charge in [0.05, 0.1) is 45.1 Å². The maximum atomic E-state index is 13.0. The molecule has 0 unspecified atom stereocenters. The molecule has 730 valence electrons. The van der Waals surface area contributed by atoms with Gasteiger partial charge in [-0.05, 0) is 229 Å². The van der Waals surface area contributed by atoms with Crippen LogP contribution in [-0.4, -0.2) is 156 Å². The van der Waals surface area contributed by atoms with E-state index in [1.165, 1.54) is 38.7 Å². The Hall–Kier alpha value is -15.6. The van der Waals surface area contributed by atoms with Gasteiger partial charge in [0, 0.05) is 116 Å². The molecule has 5 aliphatic heterocycles. The van der Waals surface area contributed by atoms with Gasteiger partial charge in [-0.25, -0.2) is 21.9 Å². The minimum atomic E-state index is -0.586. The lowest BCUT2D eigenvalue weighted by molar-refractivity contribution is -0.136. The number of ketones is 1. The van der Waals surface area contributed by atoms with Crippen LogP contribution in [0, 0.1) is 24.2 Å². The number of benzene rings is 12. The van der Waals surface area contributed by atoms with Crippen LogP contribution in [0.4, 0.5) is 0 Å². The molecule has 9 N–H and O–H groups in total. The average molecular weight is 1910 g/mol. The summed E-state index contributed by atoms with van der Waals surface area (Å²) in [6.07, 6.45) is 10.3. The molecule has 1 fully saturated rings. The van der Waals surface area contributed by atoms with Gasteiger partial charge in [0.15, 0.2) is 5.78 Å². The molecule has 1 aliphatic carbocycles. The summed E-state index contributed by atoms with van der Waals surface area (Å²) < 4.78 is 10.9. The second-order valence-corrected chi connectivity index (χ2v) is 37.3. The highest BCUT2D eigenvalue weighted by molar-refractivity contribution is 5.99. The first-order valence-corrected chi connectivity index (χ1v) is 47.7. The van der Waals surface area contributed by atoms with Crippen LogP contribution < -0.4 is 31.4 Å². The van der Waals surface area contributed by atoms with Crippen molar-refractivity contribution in [3.8, 4) is 50.9 Å². The van der Waals surface area contributed by atoms with Crippen LogP contribution in [0.1, 0.15) is 210 Å². The highest BCUT2D eigenvalue weighted by Gasteiger charge is 2.34. The van der Waals surface area contributed by atoms with E-state index >= 15 is 0 Å². The summed E-state index contributed by atoms with van der Waals surface area (Å²) in [7, 11) is 3.06. The third-order valence-corrected chi connectivity index (χ3v) is 27.0. The van der Waals surface area contributed by atoms with Crippen molar-refractivity contribution in [3.63, 3.8) is 0 Å². The third kappa shape index (κ3) is 25.5. The van der Waals surface area contributed by atoms with Gasteiger partial charge in [-0.2, -0.15) is 5.26 Å². The van der Waals surface area contributed by atoms with Crippen LogP contribution in [0.15, 0.2) is 255 Å². The number of aliphatic hydroxyl groups is 1. The Bertz CT molecular complexity index is 6600. The first-order valence-electron chi connectivity index (χ1n) is 47.7. The molecule has 0 bridgehead atoms. The molecule has 9 amide bonds. The first kappa shape index (κ1) is 102. The lowest BCUT2D eigenvalue weighted by atomic mass is 9.86. The number of ether oxygens (including phenoxy) is 2. The number of nitrogens with one attached hydrogen (secondary N) is 4. The summed E-state index contributed by atoms with van der Waals surface area (Å²) in [5, 5.41) is 54.0. The van der Waals surface area contributed by atoms with E-state index in [0.717, 1.165) is 137 Å². The van der Waals surface area contributed by atoms with E-state index < -0.39 is 36.0 Å². The van der Waals surface area contributed by atoms with E-state index in [9.17, 15) is 53.2 Å². The molecule has 0 radical (unpaired) electrons. The van der Waals surface area contributed by atoms with Crippen LogP contribution in [-0.2, 0) is 109 Å². The van der Waals surface area contributed by atoms with Crippen molar-refractivity contribution in [1.82, 2.24) is 46.4 Å². The maximum Gasteiger partial charge on any atom is 0.274 e. The number of rotatable bonds is 19. The summed E-state index contributed by atoms with van der Waals surface area (Å²) in [5.74, 6) is -0.964. The standard InChI is InChI=1S/C26H22N2O3.C25H24N2O4.C25H24N2O3.C22H26N2O4.C17H22N2O3/c27-15-23-14-22(25(30)17-29)13-21-10-11-28(16-24(21)23)26(31)12-18-6-8-20(9-7-18)19-4-2-1-3-5-19;1-31-23-15-21(25(29)26-30)14-20-11-12-27(16-22(20)23)24(28)13-17-7-9-19(10-8-17)18-5-3-2-4-6-18;1-17-13-22(25(29)26-30)15-21-11-12-27(16-23(17)21)24(28)14-18-7-9-20(10-8-18)19-5-3-2-4-6-19;1-22(2,3)17-7-5-14(6-8-17)21(26)24-10-9-15-11-16(20(25)23-27)12-19(28-4)18(15)13-24;20-16(18-22)13-7-8-14-10-19(11-15(14)9-13)17(21)12-5-3-1-2-4-6-12/h1-9,13-14,29H,10-12,16-17H2;2-10,14-15,30H,11-13,16H2,1H3,(H,26,29);2-10,13,15,30H,11-12,14,16H2,1H3,(H,26,29);5-8,11-12,27H,9-10,13H2,1-4H3,(H,23,25);7-9,12,22H,1-6,10-11H2,(H,18,20). The fraction of sp³-hybridized carbons (Fsp3) is 0.278. The minimum Gasteiger partial charge on any atom is -0.496 e. The summed E-state index contributed by atoms with van der Waals surface area (Å²) in [4.78, 5) is 132. The lowest BCUT2D eigenvalue weighted by Gasteiger charge is -2.30. The summed E-state index contributed by atoms with van der Waals surface area (Å²) in [5.41, 5.74) is 31.0. The molecule has 12 aromatic rings. The molecule has 0 spiro atoms. The van der Waals surface area contributed by atoms with Crippen molar-refractivity contribution in [1.29, 1.82) is 5.26 Å². The molecule has 0 saturated heterocycles. The SMILES string of the molecule is COc1cc(C(=O)NO)cc2c1CN(C(=O)Cc1ccc(-c3ccccc3)cc1)CC2.COc1cc(C(=O)NO)cc2c1CN(C(=O)c1ccc(C(C)(C)C)cc1)CC2.Cc1cc(C(=O)NO)cc2c1CN(C(=O)Cc1ccc(-c3ccccc3)cc1)CC2.N#Cc1cc(C(=O)CO)cc2c1CN(C(=O)Cc1ccc(-c3ccccc3)cc1)CC2.O=C(NO)c1ccc2c(c1)CN(C(=O)C1CCCCCC1)C2. The Morgan fingerprint density at radius 3 is 1.13 bits per heavy atom. The van der Waals surface area contributed by atoms with Gasteiger partial charge in [-0.1, -0.05) is 228 Å². The van der Waals surface area contributed by atoms with Gasteiger partial charge in [0.2, 0.25) is 23.6 Å². The Balaban J connectivity index is 0.000000142. The number of carbonyl (C=O) groups is 10. The molecule has 27 nitrogen and oxygen atoms in total. The molecule has 5 heterocycles. The van der Waals surface area contributed by atoms with Crippen molar-refractivity contribution >= 4 is 58.9 Å². The van der Waals surface area contributed by atoms with Gasteiger partial charge in [-0.3, -0.25) is 68.8 Å². The first-order chi connectivity index (χ1) is 68.6. The minimum absolute atomic E-state index is 0.0116. The number of aliphatic hydroxyl groups excluding tert-OH is 1. The zero-order valence-corrected chi connectivity index (χ0v) is 80.6. The molecule has 18 rings (SSSR count). The van der Waals surface area contributed by atoms with Crippen LogP contribution >= 0.6 is 0 Å². The molecule has 0 aromatic heterocycles. The van der Waals surface area contributed by atoms with E-state index in [-0.39, 0.29) is 40.9 Å². The molecular weight excluding hydrogens is 1790 g/mol. The highest BCUT2D eigenvalue weighted by Crippen LogP contribution is 2.37. The van der Waals surface area contributed by atoms with E-state index in [1.807, 2.05) is 167 Å². The molecular formula is C115H118N10O17. The monoisotopic (exact) mass is 1910 g/mol. The number of fused-ring (bicyclic) bond motifs is 5. The number of hydrogen-bond donors (Lipinski definition) is 9. The summed E-state index contributed by atoms with van der Waals surface area (Å²) in [6.45, 7) is 13.0. The number of carbonyl (C=O) groups excluding carboxylic acids is 10. The van der Waals surface area contributed by atoms with E-state index in [2.05, 4.69) is 75.4 Å². The van der Waals surface area contributed by atoms with Gasteiger partial charge >= 0.3 is 0 Å². The smallest absolute Gasteiger partial charge is 0.274 e. The van der Waals surface area contributed by atoms with Crippen molar-refractivity contribution in [3.05, 3.63) is 377 Å². The van der Waals surface area contributed by atoms with Crippen molar-refractivity contribution in [2.75, 3.05) is 47.0 Å². The molecule has 6 aliphatic rings. The van der Waals surface area contributed by atoms with Gasteiger partial charge in [-0.15, -0.1) is 0 Å². The Kier molecular flexibility index (Phi) is 34.5. The largest absolute Gasteiger partial charge is 0.496 e. The van der Waals surface area contributed by atoms with Gasteiger partial charge in [0.25, 0.3) is 29.5 Å². The Morgan fingerprint density at radius 2 is 0.718 bits per heavy atom. The number of nitriles is 1. The fourth-order valence-electron chi connectivity index (χ4n) is 18.9. The quantitative estimate of drug-likeness (QED) is 0.0157. The molecule has 27 heteroatoms. The summed E-state index contributed by atoms with van der Waals surface area (Å²) >= 11 is 0. The highest BCUT2D eigenvalue weighted by atomic mass is 16.5. The number of hydrogen-bond acceptors (Lipinski definition) is 18. The van der Waals surface area contributed by atoms with Gasteiger partial charge in [0.1, 0.15) is 18.1 Å². The number of Topliss-reactive ketones (excluding diaryl/α,β-unsaturated/α-hetero) is 1. The van der Waals surface area contributed by atoms with Crippen molar-refractivity contribution in [2.24, 2.45) is 5.92 Å². The fourth-order valence-corrected chi connectivity index (χ4v) is 18.9. The zero-order valence-electron chi connectivity index (χ0n) is 80.6. The topological polar surface area (TPSA) is 378 Å². The van der Waals surface area contributed by atoms with Crippen LogP contribution in [0.5, 0.6) is 11.5 Å². The van der Waals surface area contributed by atoms with Gasteiger partial charge < -0.3 is 39.1 Å².